The number of rotatable bonds is 3. The molecule has 1 aromatic rings. The summed E-state index contributed by atoms with van der Waals surface area (Å²) in [5, 5.41) is 13.6. The number of hydrogen-bond acceptors (Lipinski definition) is 3. The first kappa shape index (κ1) is 12.2. The van der Waals surface area contributed by atoms with E-state index in [4.69, 9.17) is 0 Å². The first-order valence-electron chi connectivity index (χ1n) is 5.03. The molecule has 0 atom stereocenters. The van der Waals surface area contributed by atoms with Crippen LogP contribution in [0.4, 0.5) is 5.69 Å². The number of nitro benzene ring substituents is 1. The fraction of sp³-hybridized carbons (Fsp3) is 0.333. The van der Waals surface area contributed by atoms with Crippen molar-refractivity contribution < 1.29 is 4.92 Å². The molecule has 0 bridgehead atoms. The average molecular weight is 218 g/mol. The molecule has 0 aromatic heterocycles. The molecule has 1 aromatic carbocycles. The molecule has 16 heavy (non-hydrogen) atoms. The molecule has 1 N–H and O–H groups in total. The monoisotopic (exact) mass is 218 g/mol. The lowest BCUT2D eigenvalue weighted by molar-refractivity contribution is -0.385. The molecule has 1 rings (SSSR count). The van der Waals surface area contributed by atoms with Crippen LogP contribution in [0.25, 0.3) is 0 Å². The fourth-order valence-electron chi connectivity index (χ4n) is 1.29. The maximum Gasteiger partial charge on any atom is 0.272 e. The molecule has 0 saturated carbocycles. The van der Waals surface area contributed by atoms with Gasteiger partial charge in [0.15, 0.2) is 0 Å². The molecule has 0 heterocycles. The van der Waals surface area contributed by atoms with Crippen LogP contribution in [0, 0.1) is 28.9 Å². The number of benzene rings is 1. The van der Waals surface area contributed by atoms with Crippen LogP contribution in [0.1, 0.15) is 17.5 Å². The highest BCUT2D eigenvalue weighted by molar-refractivity contribution is 5.47. The van der Waals surface area contributed by atoms with Gasteiger partial charge in [0.2, 0.25) is 0 Å². The first-order valence-corrected chi connectivity index (χ1v) is 5.03. The third-order valence-electron chi connectivity index (χ3n) is 2.13. The molecule has 4 heteroatoms. The summed E-state index contributed by atoms with van der Waals surface area (Å²) in [5.41, 5.74) is 1.60. The summed E-state index contributed by atoms with van der Waals surface area (Å²) >= 11 is 0. The zero-order valence-electron chi connectivity index (χ0n) is 9.41. The quantitative estimate of drug-likeness (QED) is 0.364. The Bertz CT molecular complexity index is 444. The maximum absolute atomic E-state index is 10.6. The number of nitrogens with zero attached hydrogens (tertiary/aromatic N) is 1. The topological polar surface area (TPSA) is 55.2 Å². The molecule has 0 unspecified atom stereocenters. The highest BCUT2D eigenvalue weighted by atomic mass is 16.6. The highest BCUT2D eigenvalue weighted by Crippen LogP contribution is 2.18. The molecule has 0 fully saturated rings. The van der Waals surface area contributed by atoms with Gasteiger partial charge in [-0.2, -0.15) is 0 Å². The summed E-state index contributed by atoms with van der Waals surface area (Å²) in [6, 6.07) is 4.92. The summed E-state index contributed by atoms with van der Waals surface area (Å²) in [4.78, 5) is 10.2. The van der Waals surface area contributed by atoms with E-state index >= 15 is 0 Å². The second kappa shape index (κ2) is 5.89. The van der Waals surface area contributed by atoms with Gasteiger partial charge in [-0.15, -0.1) is 0 Å². The lowest BCUT2D eigenvalue weighted by Gasteiger charge is -1.97. The predicted octanol–water partition coefficient (Wildman–Crippen LogP) is 1.86. The standard InChI is InChI=1S/C12H14N2O2/c1-10-9-11(5-3-4-8-13-2)6-7-12(10)14(15)16/h6-7,9,13H,4,8H2,1-2H3. The Balaban J connectivity index is 2.80. The lowest BCUT2D eigenvalue weighted by Crippen LogP contribution is -2.05. The van der Waals surface area contributed by atoms with Crippen LogP contribution >= 0.6 is 0 Å². The molecule has 0 spiro atoms. The van der Waals surface area contributed by atoms with E-state index in [1.807, 2.05) is 7.05 Å². The van der Waals surface area contributed by atoms with Gasteiger partial charge in [-0.1, -0.05) is 11.8 Å². The zero-order valence-corrected chi connectivity index (χ0v) is 9.41. The molecule has 84 valence electrons. The fourth-order valence-corrected chi connectivity index (χ4v) is 1.29. The summed E-state index contributed by atoms with van der Waals surface area (Å²) in [6.07, 6.45) is 0.770. The average Bonchev–Trinajstić information content (AvgIpc) is 2.24. The minimum Gasteiger partial charge on any atom is -0.319 e. The van der Waals surface area contributed by atoms with Gasteiger partial charge in [0.05, 0.1) is 4.92 Å². The van der Waals surface area contributed by atoms with E-state index in [-0.39, 0.29) is 10.6 Å². The molecule has 4 nitrogen and oxygen atoms in total. The second-order valence-electron chi connectivity index (χ2n) is 3.41. The number of nitrogens with one attached hydrogen (secondary N) is 1. The Kier molecular flexibility index (Phi) is 4.49. The molecule has 0 aliphatic heterocycles. The van der Waals surface area contributed by atoms with Crippen molar-refractivity contribution in [1.82, 2.24) is 5.32 Å². The van der Waals surface area contributed by atoms with Gasteiger partial charge < -0.3 is 5.32 Å². The van der Waals surface area contributed by atoms with Crippen molar-refractivity contribution in [3.8, 4) is 11.8 Å². The molecule has 0 saturated heterocycles. The van der Waals surface area contributed by atoms with Crippen LogP contribution in [0.3, 0.4) is 0 Å². The molecule has 0 aliphatic carbocycles. The Hall–Kier alpha value is -1.86. The van der Waals surface area contributed by atoms with E-state index < -0.39 is 0 Å². The van der Waals surface area contributed by atoms with Crippen LogP contribution in [0.5, 0.6) is 0 Å². The van der Waals surface area contributed by atoms with Crippen LogP contribution in [0.2, 0.25) is 0 Å². The minimum atomic E-state index is -0.381. The van der Waals surface area contributed by atoms with Crippen molar-refractivity contribution in [2.45, 2.75) is 13.3 Å². The van der Waals surface area contributed by atoms with Crippen molar-refractivity contribution in [3.05, 3.63) is 39.4 Å². The second-order valence-corrected chi connectivity index (χ2v) is 3.41. The third-order valence-corrected chi connectivity index (χ3v) is 2.13. The minimum absolute atomic E-state index is 0.140. The number of nitro groups is 1. The van der Waals surface area contributed by atoms with E-state index in [0.717, 1.165) is 18.5 Å². The Morgan fingerprint density at radius 3 is 2.81 bits per heavy atom. The zero-order chi connectivity index (χ0) is 12.0. The molecular formula is C12H14N2O2. The summed E-state index contributed by atoms with van der Waals surface area (Å²) in [5.74, 6) is 5.97. The SMILES string of the molecule is CNCCC#Cc1ccc([N+](=O)[O-])c(C)c1. The van der Waals surface area contributed by atoms with Crippen molar-refractivity contribution in [2.75, 3.05) is 13.6 Å². The van der Waals surface area contributed by atoms with Crippen molar-refractivity contribution in [2.24, 2.45) is 0 Å². The third kappa shape index (κ3) is 3.37. The summed E-state index contributed by atoms with van der Waals surface area (Å²) in [6.45, 7) is 2.57. The Labute approximate surface area is 94.8 Å². The summed E-state index contributed by atoms with van der Waals surface area (Å²) in [7, 11) is 1.87. The van der Waals surface area contributed by atoms with Crippen molar-refractivity contribution >= 4 is 5.69 Å². The highest BCUT2D eigenvalue weighted by Gasteiger charge is 2.08. The smallest absolute Gasteiger partial charge is 0.272 e. The number of aryl methyl sites for hydroxylation is 1. The lowest BCUT2D eigenvalue weighted by atomic mass is 10.1. The molecular weight excluding hydrogens is 204 g/mol. The van der Waals surface area contributed by atoms with Gasteiger partial charge in [0.25, 0.3) is 5.69 Å². The van der Waals surface area contributed by atoms with E-state index in [2.05, 4.69) is 17.2 Å². The van der Waals surface area contributed by atoms with E-state index in [1.54, 1.807) is 19.1 Å². The van der Waals surface area contributed by atoms with Gasteiger partial charge in [0.1, 0.15) is 0 Å². The van der Waals surface area contributed by atoms with Gasteiger partial charge in [-0.3, -0.25) is 10.1 Å². The van der Waals surface area contributed by atoms with Gasteiger partial charge >= 0.3 is 0 Å². The first-order chi connectivity index (χ1) is 7.65. The van der Waals surface area contributed by atoms with Crippen molar-refractivity contribution in [1.29, 1.82) is 0 Å². The van der Waals surface area contributed by atoms with Crippen LogP contribution in [-0.2, 0) is 0 Å². The van der Waals surface area contributed by atoms with Crippen molar-refractivity contribution in [3.63, 3.8) is 0 Å². The van der Waals surface area contributed by atoms with Gasteiger partial charge in [0, 0.05) is 30.2 Å². The van der Waals surface area contributed by atoms with E-state index in [0.29, 0.717) is 5.56 Å². The normalized spacial score (nSPS) is 9.38. The molecule has 0 aliphatic rings. The van der Waals surface area contributed by atoms with Crippen LogP contribution in [-0.4, -0.2) is 18.5 Å². The van der Waals surface area contributed by atoms with E-state index in [9.17, 15) is 10.1 Å². The predicted molar refractivity (Wildman–Crippen MR) is 63.3 cm³/mol. The summed E-state index contributed by atoms with van der Waals surface area (Å²) < 4.78 is 0. The molecule has 0 radical (unpaired) electrons. The van der Waals surface area contributed by atoms with Gasteiger partial charge in [-0.25, -0.2) is 0 Å². The van der Waals surface area contributed by atoms with Gasteiger partial charge in [-0.05, 0) is 26.1 Å². The Morgan fingerprint density at radius 2 is 2.25 bits per heavy atom. The van der Waals surface area contributed by atoms with Crippen LogP contribution < -0.4 is 5.32 Å². The number of hydrogen-bond donors (Lipinski definition) is 1. The maximum atomic E-state index is 10.6. The molecule has 0 amide bonds. The largest absolute Gasteiger partial charge is 0.319 e. The van der Waals surface area contributed by atoms with Crippen LogP contribution in [0.15, 0.2) is 18.2 Å². The Morgan fingerprint density at radius 1 is 1.50 bits per heavy atom. The van der Waals surface area contributed by atoms with E-state index in [1.165, 1.54) is 6.07 Å².